The van der Waals surface area contributed by atoms with Crippen molar-refractivity contribution in [2.45, 2.75) is 12.6 Å². The first-order valence-corrected chi connectivity index (χ1v) is 10.6. The van der Waals surface area contributed by atoms with E-state index in [0.717, 1.165) is 0 Å². The van der Waals surface area contributed by atoms with Crippen LogP contribution in [0.4, 0.5) is 4.39 Å². The van der Waals surface area contributed by atoms with Crippen LogP contribution < -0.4 is 9.47 Å². The Morgan fingerprint density at radius 1 is 1.09 bits per heavy atom. The summed E-state index contributed by atoms with van der Waals surface area (Å²) in [6.07, 6.45) is 1.57. The second-order valence-electron chi connectivity index (χ2n) is 7.49. The van der Waals surface area contributed by atoms with Crippen molar-refractivity contribution in [3.05, 3.63) is 94.0 Å². The molecule has 4 rings (SSSR count). The van der Waals surface area contributed by atoms with Gasteiger partial charge in [0.1, 0.15) is 23.1 Å². The Hall–Kier alpha value is -3.91. The highest BCUT2D eigenvalue weighted by atomic mass is 35.5. The summed E-state index contributed by atoms with van der Waals surface area (Å²) in [5.74, 6) is -2.24. The molecule has 1 aliphatic rings. The lowest BCUT2D eigenvalue weighted by Gasteiger charge is -2.25. The molecule has 0 aliphatic carbocycles. The van der Waals surface area contributed by atoms with Gasteiger partial charge in [0.05, 0.1) is 48.7 Å². The molecule has 0 spiro atoms. The number of halogens is 2. The smallest absolute Gasteiger partial charge is 0.296 e. The van der Waals surface area contributed by atoms with E-state index in [1.807, 2.05) is 0 Å². The minimum atomic E-state index is -0.992. The molecule has 1 aromatic heterocycles. The molecule has 1 amide bonds. The molecule has 7 nitrogen and oxygen atoms in total. The largest absolute Gasteiger partial charge is 0.507 e. The fourth-order valence-corrected chi connectivity index (χ4v) is 4.12. The van der Waals surface area contributed by atoms with Gasteiger partial charge in [0, 0.05) is 12.3 Å². The number of benzene rings is 2. The van der Waals surface area contributed by atoms with Crippen LogP contribution in [0.25, 0.3) is 5.76 Å². The molecule has 0 saturated carbocycles. The van der Waals surface area contributed by atoms with Crippen LogP contribution in [-0.4, -0.2) is 40.9 Å². The first-order valence-electron chi connectivity index (χ1n) is 10.2. The van der Waals surface area contributed by atoms with Crippen LogP contribution >= 0.6 is 11.6 Å². The average molecular weight is 483 g/mol. The van der Waals surface area contributed by atoms with Gasteiger partial charge in [-0.1, -0.05) is 29.8 Å². The molecular formula is C25H20ClFN2O5. The van der Waals surface area contributed by atoms with Crippen LogP contribution in [0.15, 0.2) is 66.4 Å². The van der Waals surface area contributed by atoms with E-state index >= 15 is 0 Å². The summed E-state index contributed by atoms with van der Waals surface area (Å²) in [7, 11) is 2.79. The van der Waals surface area contributed by atoms with E-state index in [1.165, 1.54) is 55.5 Å². The fraction of sp³-hybridized carbons (Fsp3) is 0.160. The molecule has 34 heavy (non-hydrogen) atoms. The van der Waals surface area contributed by atoms with E-state index in [9.17, 15) is 19.1 Å². The Morgan fingerprint density at radius 3 is 2.41 bits per heavy atom. The zero-order valence-electron chi connectivity index (χ0n) is 18.3. The standard InChI is InChI=1S/C25H20ClFN2O5/c1-33-19-12-18(26)20(34-2)11-17(19)23(30)21-22(14-6-8-15(27)9-7-14)29(25(32)24(21)31)13-16-5-3-4-10-28-16/h3-12,22,30H,13H2,1-2H3/b23-21+. The third-order valence-corrected chi connectivity index (χ3v) is 5.81. The van der Waals surface area contributed by atoms with Gasteiger partial charge in [-0.05, 0) is 35.9 Å². The van der Waals surface area contributed by atoms with Crippen molar-refractivity contribution in [1.82, 2.24) is 9.88 Å². The summed E-state index contributed by atoms with van der Waals surface area (Å²) >= 11 is 6.17. The lowest BCUT2D eigenvalue weighted by atomic mass is 9.95. The Bertz CT molecular complexity index is 1280. The number of ether oxygens (including phenoxy) is 2. The third-order valence-electron chi connectivity index (χ3n) is 5.51. The first kappa shape index (κ1) is 23.3. The van der Waals surface area contributed by atoms with Gasteiger partial charge < -0.3 is 19.5 Å². The number of rotatable bonds is 6. The minimum absolute atomic E-state index is 0.00527. The molecule has 174 valence electrons. The van der Waals surface area contributed by atoms with Crippen molar-refractivity contribution in [3.8, 4) is 11.5 Å². The number of aromatic nitrogens is 1. The van der Waals surface area contributed by atoms with Crippen molar-refractivity contribution in [2.75, 3.05) is 14.2 Å². The summed E-state index contributed by atoms with van der Waals surface area (Å²) in [4.78, 5) is 31.8. The fourth-order valence-electron chi connectivity index (χ4n) is 3.89. The molecule has 2 heterocycles. The maximum absolute atomic E-state index is 13.6. The molecule has 1 N–H and O–H groups in total. The zero-order valence-corrected chi connectivity index (χ0v) is 19.0. The predicted molar refractivity (Wildman–Crippen MR) is 123 cm³/mol. The SMILES string of the molecule is COc1cc(/C(O)=C2\C(=O)C(=O)N(Cc3ccccn3)C2c2ccc(F)cc2)c(OC)cc1Cl. The van der Waals surface area contributed by atoms with Crippen molar-refractivity contribution >= 4 is 29.1 Å². The number of pyridine rings is 1. The van der Waals surface area contributed by atoms with Gasteiger partial charge >= 0.3 is 0 Å². The molecule has 1 fully saturated rings. The minimum Gasteiger partial charge on any atom is -0.507 e. The van der Waals surface area contributed by atoms with Gasteiger partial charge in [-0.15, -0.1) is 0 Å². The number of nitrogens with zero attached hydrogens (tertiary/aromatic N) is 2. The Kier molecular flexibility index (Phi) is 6.51. The van der Waals surface area contributed by atoms with E-state index in [-0.39, 0.29) is 34.2 Å². The lowest BCUT2D eigenvalue weighted by molar-refractivity contribution is -0.140. The van der Waals surface area contributed by atoms with Crippen LogP contribution in [0.2, 0.25) is 5.02 Å². The number of carbonyl (C=O) groups excluding carboxylic acids is 2. The normalized spacial score (nSPS) is 17.2. The molecule has 1 atom stereocenters. The number of aliphatic hydroxyl groups is 1. The summed E-state index contributed by atoms with van der Waals surface area (Å²) in [5, 5.41) is 11.6. The topological polar surface area (TPSA) is 89.0 Å². The molecule has 3 aromatic rings. The number of amides is 1. The molecular weight excluding hydrogens is 463 g/mol. The van der Waals surface area contributed by atoms with Crippen LogP contribution in [0.5, 0.6) is 11.5 Å². The second kappa shape index (κ2) is 9.52. The van der Waals surface area contributed by atoms with Gasteiger partial charge in [0.2, 0.25) is 0 Å². The van der Waals surface area contributed by atoms with Gasteiger partial charge in [-0.25, -0.2) is 4.39 Å². The van der Waals surface area contributed by atoms with E-state index in [2.05, 4.69) is 4.98 Å². The summed E-state index contributed by atoms with van der Waals surface area (Å²) in [6.45, 7) is 0.00527. The Balaban J connectivity index is 1.92. The molecule has 0 bridgehead atoms. The number of aliphatic hydroxyl groups excluding tert-OH is 1. The maximum atomic E-state index is 13.6. The summed E-state index contributed by atoms with van der Waals surface area (Å²) in [5.41, 5.74) is 0.933. The van der Waals surface area contributed by atoms with Gasteiger partial charge in [0.25, 0.3) is 11.7 Å². The Labute approximate surface area is 200 Å². The number of hydrogen-bond acceptors (Lipinski definition) is 6. The highest BCUT2D eigenvalue weighted by Crippen LogP contribution is 2.43. The summed E-state index contributed by atoms with van der Waals surface area (Å²) in [6, 6.07) is 12.4. The van der Waals surface area contributed by atoms with E-state index in [1.54, 1.807) is 24.4 Å². The van der Waals surface area contributed by atoms with Crippen molar-refractivity contribution in [1.29, 1.82) is 0 Å². The van der Waals surface area contributed by atoms with Gasteiger partial charge in [-0.3, -0.25) is 14.6 Å². The second-order valence-corrected chi connectivity index (χ2v) is 7.89. The zero-order chi connectivity index (χ0) is 24.4. The predicted octanol–water partition coefficient (Wildman–Crippen LogP) is 4.51. The monoisotopic (exact) mass is 482 g/mol. The Morgan fingerprint density at radius 2 is 1.79 bits per heavy atom. The number of methoxy groups -OCH3 is 2. The molecule has 1 aliphatic heterocycles. The molecule has 9 heteroatoms. The highest BCUT2D eigenvalue weighted by molar-refractivity contribution is 6.46. The third kappa shape index (κ3) is 4.20. The molecule has 2 aromatic carbocycles. The molecule has 1 unspecified atom stereocenters. The van der Waals surface area contributed by atoms with Gasteiger partial charge in [-0.2, -0.15) is 0 Å². The lowest BCUT2D eigenvalue weighted by Crippen LogP contribution is -2.29. The van der Waals surface area contributed by atoms with Crippen LogP contribution in [0, 0.1) is 5.82 Å². The quantitative estimate of drug-likeness (QED) is 0.316. The maximum Gasteiger partial charge on any atom is 0.296 e. The van der Waals surface area contributed by atoms with E-state index in [0.29, 0.717) is 11.3 Å². The first-order chi connectivity index (χ1) is 16.3. The van der Waals surface area contributed by atoms with Crippen molar-refractivity contribution in [2.24, 2.45) is 0 Å². The number of likely N-dealkylation sites (tertiary alicyclic amines) is 1. The average Bonchev–Trinajstić information content (AvgIpc) is 3.09. The van der Waals surface area contributed by atoms with Crippen LogP contribution in [0.1, 0.15) is 22.9 Å². The number of carbonyl (C=O) groups is 2. The van der Waals surface area contributed by atoms with Gasteiger partial charge in [0.15, 0.2) is 0 Å². The highest BCUT2D eigenvalue weighted by Gasteiger charge is 2.46. The van der Waals surface area contributed by atoms with Crippen molar-refractivity contribution < 1.29 is 28.6 Å². The number of ketones is 1. The number of Topliss-reactive ketones (excluding diaryl/α,β-unsaturated/α-hetero) is 1. The molecule has 1 saturated heterocycles. The van der Waals surface area contributed by atoms with E-state index in [4.69, 9.17) is 21.1 Å². The van der Waals surface area contributed by atoms with Crippen LogP contribution in [0.3, 0.4) is 0 Å². The van der Waals surface area contributed by atoms with Crippen LogP contribution in [-0.2, 0) is 16.1 Å². The summed E-state index contributed by atoms with van der Waals surface area (Å²) < 4.78 is 24.2. The molecule has 0 radical (unpaired) electrons. The van der Waals surface area contributed by atoms with Crippen molar-refractivity contribution in [3.63, 3.8) is 0 Å². The number of hydrogen-bond donors (Lipinski definition) is 1. The van der Waals surface area contributed by atoms with E-state index < -0.39 is 29.3 Å².